The van der Waals surface area contributed by atoms with Crippen LogP contribution < -0.4 is 14.9 Å². The first-order valence-electron chi connectivity index (χ1n) is 7.43. The van der Waals surface area contributed by atoms with E-state index in [0.29, 0.717) is 18.1 Å². The van der Waals surface area contributed by atoms with Gasteiger partial charge in [-0.1, -0.05) is 18.2 Å². The van der Waals surface area contributed by atoms with Gasteiger partial charge in [0.1, 0.15) is 11.5 Å². The monoisotopic (exact) mass is 312 g/mol. The van der Waals surface area contributed by atoms with Crippen LogP contribution in [-0.4, -0.2) is 24.8 Å². The van der Waals surface area contributed by atoms with Gasteiger partial charge in [-0.3, -0.25) is 4.79 Å². The van der Waals surface area contributed by atoms with Crippen LogP contribution >= 0.6 is 0 Å². The van der Waals surface area contributed by atoms with Crippen LogP contribution in [0.3, 0.4) is 0 Å². The Hall–Kier alpha value is -2.82. The van der Waals surface area contributed by atoms with Gasteiger partial charge in [-0.2, -0.15) is 5.10 Å². The fourth-order valence-corrected chi connectivity index (χ4v) is 1.87. The summed E-state index contributed by atoms with van der Waals surface area (Å²) in [5.74, 6) is 1.15. The third-order valence-electron chi connectivity index (χ3n) is 3.04. The first-order valence-corrected chi connectivity index (χ1v) is 7.43. The molecule has 0 saturated heterocycles. The van der Waals surface area contributed by atoms with Crippen LogP contribution in [0.15, 0.2) is 59.7 Å². The van der Waals surface area contributed by atoms with E-state index in [2.05, 4.69) is 10.5 Å². The molecule has 0 spiro atoms. The Morgan fingerprint density at radius 1 is 1.00 bits per heavy atom. The van der Waals surface area contributed by atoms with Crippen molar-refractivity contribution in [2.45, 2.75) is 13.8 Å². The van der Waals surface area contributed by atoms with Crippen molar-refractivity contribution in [1.29, 1.82) is 0 Å². The SMILES string of the molecule is CCOc1ccc(/C(C)=N\NC(=O)COc2ccccc2)cc1. The van der Waals surface area contributed by atoms with E-state index in [4.69, 9.17) is 9.47 Å². The predicted octanol–water partition coefficient (Wildman–Crippen LogP) is 3.00. The second-order valence-electron chi connectivity index (χ2n) is 4.79. The molecule has 0 aliphatic rings. The second kappa shape index (κ2) is 8.58. The number of hydrogen-bond acceptors (Lipinski definition) is 4. The van der Waals surface area contributed by atoms with Crippen LogP contribution in [0.2, 0.25) is 0 Å². The number of carbonyl (C=O) groups excluding carboxylic acids is 1. The molecule has 0 aliphatic heterocycles. The maximum atomic E-state index is 11.7. The zero-order chi connectivity index (χ0) is 16.5. The number of hydrogen-bond donors (Lipinski definition) is 1. The van der Waals surface area contributed by atoms with Crippen LogP contribution in [0.25, 0.3) is 0 Å². The minimum atomic E-state index is -0.306. The Morgan fingerprint density at radius 2 is 1.65 bits per heavy atom. The van der Waals surface area contributed by atoms with Crippen LogP contribution in [0.5, 0.6) is 11.5 Å². The van der Waals surface area contributed by atoms with E-state index in [1.165, 1.54) is 0 Å². The lowest BCUT2D eigenvalue weighted by Crippen LogP contribution is -2.25. The number of benzene rings is 2. The van der Waals surface area contributed by atoms with Gasteiger partial charge >= 0.3 is 0 Å². The molecule has 1 N–H and O–H groups in total. The molecule has 0 atom stereocenters. The number of carbonyl (C=O) groups is 1. The van der Waals surface area contributed by atoms with Crippen molar-refractivity contribution in [3.05, 3.63) is 60.2 Å². The quantitative estimate of drug-likeness (QED) is 0.631. The van der Waals surface area contributed by atoms with E-state index in [9.17, 15) is 4.79 Å². The summed E-state index contributed by atoms with van der Waals surface area (Å²) in [5.41, 5.74) is 4.11. The van der Waals surface area contributed by atoms with Gasteiger partial charge < -0.3 is 9.47 Å². The Labute approximate surface area is 135 Å². The van der Waals surface area contributed by atoms with Gasteiger partial charge in [0.25, 0.3) is 5.91 Å². The lowest BCUT2D eigenvalue weighted by atomic mass is 10.1. The maximum absolute atomic E-state index is 11.7. The second-order valence-corrected chi connectivity index (χ2v) is 4.79. The molecular formula is C18H20N2O3. The summed E-state index contributed by atoms with van der Waals surface area (Å²) >= 11 is 0. The standard InChI is InChI=1S/C18H20N2O3/c1-3-22-17-11-9-15(10-12-17)14(2)19-20-18(21)13-23-16-7-5-4-6-8-16/h4-12H,3,13H2,1-2H3,(H,20,21)/b19-14-. The Bertz CT molecular complexity index is 652. The minimum Gasteiger partial charge on any atom is -0.494 e. The molecule has 2 aromatic rings. The van der Waals surface area contributed by atoms with Crippen LogP contribution in [0, 0.1) is 0 Å². The van der Waals surface area contributed by atoms with Gasteiger partial charge in [-0.25, -0.2) is 5.43 Å². The van der Waals surface area contributed by atoms with E-state index in [0.717, 1.165) is 11.3 Å². The van der Waals surface area contributed by atoms with Crippen LogP contribution in [0.1, 0.15) is 19.4 Å². The molecule has 2 rings (SSSR count). The highest BCUT2D eigenvalue weighted by Crippen LogP contribution is 2.12. The third kappa shape index (κ3) is 5.47. The van der Waals surface area contributed by atoms with Crippen molar-refractivity contribution < 1.29 is 14.3 Å². The molecule has 0 aliphatic carbocycles. The third-order valence-corrected chi connectivity index (χ3v) is 3.04. The number of ether oxygens (including phenoxy) is 2. The average Bonchev–Trinajstić information content (AvgIpc) is 2.59. The fourth-order valence-electron chi connectivity index (χ4n) is 1.87. The first kappa shape index (κ1) is 16.5. The zero-order valence-corrected chi connectivity index (χ0v) is 13.3. The van der Waals surface area contributed by atoms with Gasteiger partial charge in [0.2, 0.25) is 0 Å². The summed E-state index contributed by atoms with van der Waals surface area (Å²) in [7, 11) is 0. The molecule has 5 nitrogen and oxygen atoms in total. The fraction of sp³-hybridized carbons (Fsp3) is 0.222. The Balaban J connectivity index is 1.84. The largest absolute Gasteiger partial charge is 0.494 e. The lowest BCUT2D eigenvalue weighted by molar-refractivity contribution is -0.123. The van der Waals surface area contributed by atoms with Gasteiger partial charge in [-0.15, -0.1) is 0 Å². The number of rotatable bonds is 7. The highest BCUT2D eigenvalue weighted by molar-refractivity contribution is 5.99. The van der Waals surface area contributed by atoms with E-state index in [1.54, 1.807) is 12.1 Å². The Kier molecular flexibility index (Phi) is 6.17. The zero-order valence-electron chi connectivity index (χ0n) is 13.3. The number of nitrogens with one attached hydrogen (secondary N) is 1. The summed E-state index contributed by atoms with van der Waals surface area (Å²) in [6.07, 6.45) is 0. The van der Waals surface area contributed by atoms with Gasteiger partial charge in [0.15, 0.2) is 6.61 Å². The highest BCUT2D eigenvalue weighted by Gasteiger charge is 2.03. The van der Waals surface area contributed by atoms with E-state index in [-0.39, 0.29) is 12.5 Å². The molecule has 0 aromatic heterocycles. The van der Waals surface area contributed by atoms with E-state index in [1.807, 2.05) is 56.3 Å². The number of amides is 1. The summed E-state index contributed by atoms with van der Waals surface area (Å²) in [6.45, 7) is 4.32. The smallest absolute Gasteiger partial charge is 0.277 e. The van der Waals surface area contributed by atoms with Crippen molar-refractivity contribution in [2.24, 2.45) is 5.10 Å². The van der Waals surface area contributed by atoms with Crippen molar-refractivity contribution in [3.8, 4) is 11.5 Å². The molecule has 0 bridgehead atoms. The lowest BCUT2D eigenvalue weighted by Gasteiger charge is -2.06. The van der Waals surface area contributed by atoms with Crippen molar-refractivity contribution in [3.63, 3.8) is 0 Å². The number of nitrogens with zero attached hydrogens (tertiary/aromatic N) is 1. The summed E-state index contributed by atoms with van der Waals surface area (Å²) in [4.78, 5) is 11.7. The molecule has 0 saturated carbocycles. The minimum absolute atomic E-state index is 0.0793. The average molecular weight is 312 g/mol. The van der Waals surface area contributed by atoms with Gasteiger partial charge in [0, 0.05) is 0 Å². The van der Waals surface area contributed by atoms with Crippen LogP contribution in [0.4, 0.5) is 0 Å². The van der Waals surface area contributed by atoms with Crippen molar-refractivity contribution in [2.75, 3.05) is 13.2 Å². The molecule has 0 unspecified atom stereocenters. The molecule has 5 heteroatoms. The van der Waals surface area contributed by atoms with Crippen LogP contribution in [-0.2, 0) is 4.79 Å². The molecule has 23 heavy (non-hydrogen) atoms. The first-order chi connectivity index (χ1) is 11.2. The van der Waals surface area contributed by atoms with Gasteiger partial charge in [-0.05, 0) is 55.8 Å². The molecule has 120 valence electrons. The molecule has 0 radical (unpaired) electrons. The summed E-state index contributed by atoms with van der Waals surface area (Å²) in [6, 6.07) is 16.7. The molecule has 0 heterocycles. The summed E-state index contributed by atoms with van der Waals surface area (Å²) in [5, 5.41) is 4.08. The highest BCUT2D eigenvalue weighted by atomic mass is 16.5. The molecule has 0 fully saturated rings. The molecule has 1 amide bonds. The van der Waals surface area contributed by atoms with Gasteiger partial charge in [0.05, 0.1) is 12.3 Å². The summed E-state index contributed by atoms with van der Waals surface area (Å²) < 4.78 is 10.7. The van der Waals surface area contributed by atoms with E-state index < -0.39 is 0 Å². The van der Waals surface area contributed by atoms with Crippen molar-refractivity contribution >= 4 is 11.6 Å². The normalized spacial score (nSPS) is 11.0. The van der Waals surface area contributed by atoms with E-state index >= 15 is 0 Å². The number of hydrazone groups is 1. The molecule has 2 aromatic carbocycles. The Morgan fingerprint density at radius 3 is 2.30 bits per heavy atom. The topological polar surface area (TPSA) is 59.9 Å². The van der Waals surface area contributed by atoms with Crippen molar-refractivity contribution in [1.82, 2.24) is 5.43 Å². The maximum Gasteiger partial charge on any atom is 0.277 e. The predicted molar refractivity (Wildman–Crippen MR) is 89.9 cm³/mol. The number of para-hydroxylation sites is 1. The molecular weight excluding hydrogens is 292 g/mol.